The highest BCUT2D eigenvalue weighted by molar-refractivity contribution is 6.08. The number of amides is 1. The minimum absolute atomic E-state index is 0.0474. The third-order valence-electron chi connectivity index (χ3n) is 9.99. The molecule has 4 aliphatic carbocycles. The van der Waals surface area contributed by atoms with Crippen LogP contribution in [0.3, 0.4) is 0 Å². The molecule has 4 saturated carbocycles. The topological polar surface area (TPSA) is 84.2 Å². The minimum atomic E-state index is -0.714. The summed E-state index contributed by atoms with van der Waals surface area (Å²) in [5, 5.41) is 15.0. The second kappa shape index (κ2) is 8.53. The first-order valence-corrected chi connectivity index (χ1v) is 14.4. The molecule has 204 valence electrons. The third kappa shape index (κ3) is 3.80. The highest BCUT2D eigenvalue weighted by atomic mass is 16.4. The standard InChI is InChI=1S/C35H31N3O3/c39-30(40)18-33-20-34(21-33,22-33)35(13-14-35)37-32(41)28-17-26(23-6-2-1-3-7-23)16-25-12-15-38(31(25)28)19-27-11-10-24-8-4-5-9-29(24)36-27/h1-12,15-17H,13-14,18-22H2,(H,37,41)(H,39,40). The van der Waals surface area contributed by atoms with Gasteiger partial charge in [0.15, 0.2) is 0 Å². The number of hydrogen-bond donors (Lipinski definition) is 2. The average Bonchev–Trinajstić information content (AvgIpc) is 3.60. The van der Waals surface area contributed by atoms with E-state index in [0.717, 1.165) is 70.7 Å². The predicted octanol–water partition coefficient (Wildman–Crippen LogP) is 6.81. The molecule has 9 rings (SSSR count). The average molecular weight is 542 g/mol. The van der Waals surface area contributed by atoms with Crippen molar-refractivity contribution in [2.24, 2.45) is 10.8 Å². The molecule has 2 N–H and O–H groups in total. The van der Waals surface area contributed by atoms with Crippen LogP contribution in [0.2, 0.25) is 0 Å². The van der Waals surface area contributed by atoms with Crippen LogP contribution in [0, 0.1) is 10.8 Å². The molecule has 0 atom stereocenters. The third-order valence-corrected chi connectivity index (χ3v) is 9.99. The zero-order valence-electron chi connectivity index (χ0n) is 22.8. The van der Waals surface area contributed by atoms with Gasteiger partial charge in [-0.3, -0.25) is 14.6 Å². The number of rotatable bonds is 8. The Balaban J connectivity index is 1.16. The number of carbonyl (C=O) groups excluding carboxylic acids is 1. The second-order valence-electron chi connectivity index (χ2n) is 12.7. The Morgan fingerprint density at radius 3 is 2.37 bits per heavy atom. The monoisotopic (exact) mass is 541 g/mol. The maximum absolute atomic E-state index is 14.2. The number of fused-ring (bicyclic) bond motifs is 2. The van der Waals surface area contributed by atoms with Gasteiger partial charge < -0.3 is 15.0 Å². The van der Waals surface area contributed by atoms with Crippen LogP contribution < -0.4 is 5.32 Å². The molecule has 5 aromatic rings. The molecule has 2 heterocycles. The van der Waals surface area contributed by atoms with E-state index < -0.39 is 5.97 Å². The van der Waals surface area contributed by atoms with Crippen LogP contribution in [-0.2, 0) is 11.3 Å². The van der Waals surface area contributed by atoms with Crippen LogP contribution in [0.1, 0.15) is 54.6 Å². The maximum atomic E-state index is 14.2. The van der Waals surface area contributed by atoms with Gasteiger partial charge in [0.25, 0.3) is 5.91 Å². The summed E-state index contributed by atoms with van der Waals surface area (Å²) in [5.74, 6) is -0.761. The summed E-state index contributed by atoms with van der Waals surface area (Å²) in [5.41, 5.74) is 5.37. The van der Waals surface area contributed by atoms with Gasteiger partial charge in [-0.2, -0.15) is 0 Å². The molecule has 2 bridgehead atoms. The first-order chi connectivity index (χ1) is 19.9. The number of benzene rings is 3. The molecule has 3 aromatic carbocycles. The Morgan fingerprint density at radius 1 is 0.854 bits per heavy atom. The predicted molar refractivity (Wildman–Crippen MR) is 159 cm³/mol. The Morgan fingerprint density at radius 2 is 1.61 bits per heavy atom. The Kier molecular flexibility index (Phi) is 5.06. The van der Waals surface area contributed by atoms with Crippen LogP contribution in [0.5, 0.6) is 0 Å². The fourth-order valence-corrected chi connectivity index (χ4v) is 8.03. The molecule has 0 aliphatic heterocycles. The number of aliphatic carboxylic acids is 1. The lowest BCUT2D eigenvalue weighted by Gasteiger charge is -2.73. The van der Waals surface area contributed by atoms with E-state index in [2.05, 4.69) is 58.5 Å². The zero-order valence-corrected chi connectivity index (χ0v) is 22.8. The van der Waals surface area contributed by atoms with Crippen molar-refractivity contribution in [3.05, 3.63) is 102 Å². The number of carboxylic acid groups (broad SMARTS) is 1. The molecule has 4 aliphatic rings. The molecule has 41 heavy (non-hydrogen) atoms. The minimum Gasteiger partial charge on any atom is -0.481 e. The van der Waals surface area contributed by atoms with Crippen molar-refractivity contribution in [1.82, 2.24) is 14.9 Å². The normalized spacial score (nSPS) is 23.5. The molecule has 0 spiro atoms. The lowest BCUT2D eigenvalue weighted by molar-refractivity contribution is -0.232. The van der Waals surface area contributed by atoms with Gasteiger partial charge in [0, 0.05) is 22.5 Å². The molecular formula is C35H31N3O3. The molecule has 6 nitrogen and oxygen atoms in total. The van der Waals surface area contributed by atoms with Crippen LogP contribution >= 0.6 is 0 Å². The number of carboxylic acids is 1. The van der Waals surface area contributed by atoms with Crippen LogP contribution in [0.25, 0.3) is 32.9 Å². The summed E-state index contributed by atoms with van der Waals surface area (Å²) < 4.78 is 2.14. The highest BCUT2D eigenvalue weighted by Gasteiger charge is 2.78. The molecule has 1 amide bonds. The van der Waals surface area contributed by atoms with Gasteiger partial charge in [0.2, 0.25) is 0 Å². The number of pyridine rings is 1. The summed E-state index contributed by atoms with van der Waals surface area (Å²) in [6.07, 6.45) is 6.96. The summed E-state index contributed by atoms with van der Waals surface area (Å²) in [6, 6.07) is 28.7. The summed E-state index contributed by atoms with van der Waals surface area (Å²) in [7, 11) is 0. The smallest absolute Gasteiger partial charge is 0.303 e. The molecule has 0 radical (unpaired) electrons. The number of nitrogens with one attached hydrogen (secondary N) is 1. The Bertz CT molecular complexity index is 1850. The van der Waals surface area contributed by atoms with Crippen LogP contribution in [0.4, 0.5) is 0 Å². The number of para-hydroxylation sites is 1. The Hall–Kier alpha value is -4.45. The van der Waals surface area contributed by atoms with Crippen LogP contribution in [0.15, 0.2) is 91.1 Å². The van der Waals surface area contributed by atoms with E-state index in [0.29, 0.717) is 12.1 Å². The number of carbonyl (C=O) groups is 2. The van der Waals surface area contributed by atoms with E-state index in [1.807, 2.05) is 42.5 Å². The van der Waals surface area contributed by atoms with Crippen LogP contribution in [-0.4, -0.2) is 32.1 Å². The first kappa shape index (κ1) is 24.4. The summed E-state index contributed by atoms with van der Waals surface area (Å²) >= 11 is 0. The summed E-state index contributed by atoms with van der Waals surface area (Å²) in [4.78, 5) is 30.5. The highest BCUT2D eigenvalue weighted by Crippen LogP contribution is 2.82. The van der Waals surface area contributed by atoms with E-state index in [4.69, 9.17) is 4.98 Å². The number of nitrogens with zero attached hydrogens (tertiary/aromatic N) is 2. The number of hydrogen-bond acceptors (Lipinski definition) is 3. The summed E-state index contributed by atoms with van der Waals surface area (Å²) in [6.45, 7) is 0.562. The van der Waals surface area contributed by atoms with E-state index in [-0.39, 0.29) is 28.7 Å². The molecular weight excluding hydrogens is 510 g/mol. The maximum Gasteiger partial charge on any atom is 0.303 e. The fraction of sp³-hybridized carbons (Fsp3) is 0.286. The van der Waals surface area contributed by atoms with E-state index in [1.165, 1.54) is 0 Å². The molecule has 6 heteroatoms. The first-order valence-electron chi connectivity index (χ1n) is 14.4. The fourth-order valence-electron chi connectivity index (χ4n) is 8.03. The SMILES string of the molecule is O=C(O)CC12CC(C3(NC(=O)c4cc(-c5ccccc5)cc5ccn(Cc6ccc7ccccc7n6)c45)CC3)(C1)C2. The molecule has 2 aromatic heterocycles. The number of aromatic nitrogens is 2. The Labute approximate surface area is 238 Å². The van der Waals surface area contributed by atoms with Crippen molar-refractivity contribution in [3.8, 4) is 11.1 Å². The second-order valence-corrected chi connectivity index (χ2v) is 12.7. The van der Waals surface area contributed by atoms with Gasteiger partial charge in [0.1, 0.15) is 0 Å². The molecule has 0 unspecified atom stereocenters. The van der Waals surface area contributed by atoms with E-state index >= 15 is 0 Å². The van der Waals surface area contributed by atoms with Gasteiger partial charge in [-0.15, -0.1) is 0 Å². The van der Waals surface area contributed by atoms with Gasteiger partial charge in [-0.1, -0.05) is 54.6 Å². The van der Waals surface area contributed by atoms with Crippen molar-refractivity contribution < 1.29 is 14.7 Å². The zero-order chi connectivity index (χ0) is 27.8. The van der Waals surface area contributed by atoms with Crippen molar-refractivity contribution in [2.75, 3.05) is 0 Å². The van der Waals surface area contributed by atoms with E-state index in [1.54, 1.807) is 0 Å². The van der Waals surface area contributed by atoms with Crippen molar-refractivity contribution in [2.45, 2.75) is 50.6 Å². The van der Waals surface area contributed by atoms with Gasteiger partial charge in [-0.05, 0) is 84.4 Å². The molecule has 4 fully saturated rings. The quantitative estimate of drug-likeness (QED) is 0.226. The van der Waals surface area contributed by atoms with Gasteiger partial charge >= 0.3 is 5.97 Å². The lowest BCUT2D eigenvalue weighted by atomic mass is 9.31. The van der Waals surface area contributed by atoms with Crippen molar-refractivity contribution >= 4 is 33.7 Å². The van der Waals surface area contributed by atoms with Gasteiger partial charge in [-0.25, -0.2) is 0 Å². The van der Waals surface area contributed by atoms with Crippen molar-refractivity contribution in [1.29, 1.82) is 0 Å². The van der Waals surface area contributed by atoms with E-state index in [9.17, 15) is 14.7 Å². The lowest BCUT2D eigenvalue weighted by Crippen LogP contribution is -2.71. The van der Waals surface area contributed by atoms with Crippen molar-refractivity contribution in [3.63, 3.8) is 0 Å². The largest absolute Gasteiger partial charge is 0.481 e. The molecule has 0 saturated heterocycles. The van der Waals surface area contributed by atoms with Gasteiger partial charge in [0.05, 0.1) is 35.3 Å².